The zero-order chi connectivity index (χ0) is 21.4. The van der Waals surface area contributed by atoms with Crippen LogP contribution in [-0.2, 0) is 20.9 Å². The third-order valence-electron chi connectivity index (χ3n) is 4.51. The van der Waals surface area contributed by atoms with Crippen LogP contribution in [0.4, 0.5) is 0 Å². The van der Waals surface area contributed by atoms with Crippen LogP contribution < -0.4 is 10.8 Å². The Labute approximate surface area is 169 Å². The van der Waals surface area contributed by atoms with Gasteiger partial charge < -0.3 is 14.6 Å². The molecule has 0 fully saturated rings. The van der Waals surface area contributed by atoms with Crippen molar-refractivity contribution in [3.05, 3.63) is 34.4 Å². The largest absolute Gasteiger partial charge is 0.393 e. The summed E-state index contributed by atoms with van der Waals surface area (Å²) < 4.78 is 6.21. The Morgan fingerprint density at radius 3 is 2.76 bits per heavy atom. The van der Waals surface area contributed by atoms with E-state index in [1.54, 1.807) is 0 Å². The Kier molecular flexibility index (Phi) is 8.81. The van der Waals surface area contributed by atoms with Crippen LogP contribution in [0.2, 0.25) is 0 Å². The number of nitrogens with one attached hydrogen (secondary N) is 1. The number of hydrogen-bond acceptors (Lipinski definition) is 8. The molecule has 1 heterocycles. The van der Waals surface area contributed by atoms with Gasteiger partial charge in [0.15, 0.2) is 20.2 Å². The minimum absolute atomic E-state index is 0.0329. The number of aromatic nitrogens is 2. The molecule has 0 radical (unpaired) electrons. The van der Waals surface area contributed by atoms with Crippen molar-refractivity contribution in [2.45, 2.75) is 39.3 Å². The summed E-state index contributed by atoms with van der Waals surface area (Å²) in [5.74, 6) is -0.648. The number of fused-ring (bicyclic) bond motifs is 1. The monoisotopic (exact) mass is 424 g/mol. The van der Waals surface area contributed by atoms with Crippen LogP contribution in [0.5, 0.6) is 0 Å². The van der Waals surface area contributed by atoms with Gasteiger partial charge in [-0.05, 0) is 49.9 Å². The summed E-state index contributed by atoms with van der Waals surface area (Å²) in [6.07, 6.45) is 0.277. The van der Waals surface area contributed by atoms with Crippen molar-refractivity contribution >= 4 is 32.4 Å². The van der Waals surface area contributed by atoms with Gasteiger partial charge in [-0.3, -0.25) is 19.9 Å². The predicted molar refractivity (Wildman–Crippen MR) is 107 cm³/mol. The van der Waals surface area contributed by atoms with E-state index in [1.165, 1.54) is 7.05 Å². The van der Waals surface area contributed by atoms with E-state index in [9.17, 15) is 14.7 Å². The molecule has 10 nitrogen and oxygen atoms in total. The highest BCUT2D eigenvalue weighted by Gasteiger charge is 2.17. The second kappa shape index (κ2) is 11.1. The number of nitrogens with zero attached hydrogens (tertiary/aromatic N) is 3. The van der Waals surface area contributed by atoms with Gasteiger partial charge in [0.1, 0.15) is 0 Å². The molecule has 1 aromatic carbocycles. The highest BCUT2D eigenvalue weighted by Crippen LogP contribution is 2.18. The fraction of sp³-hybridized carbons (Fsp3) is 0.444. The molecule has 2 aromatic rings. The molecule has 0 spiro atoms. The number of carbonyl (C=O) groups is 2. The maximum Gasteiger partial charge on any atom is 0.280 e. The zero-order valence-corrected chi connectivity index (χ0v) is 17.5. The number of carbonyl (C=O) groups excluding carboxylic acids is 2. The Morgan fingerprint density at radius 2 is 2.10 bits per heavy atom. The minimum Gasteiger partial charge on any atom is -0.393 e. The lowest BCUT2D eigenvalue weighted by Crippen LogP contribution is -2.35. The van der Waals surface area contributed by atoms with Gasteiger partial charge in [0.05, 0.1) is 23.7 Å². The van der Waals surface area contributed by atoms with E-state index in [0.29, 0.717) is 36.8 Å². The molecule has 3 N–H and O–H groups in total. The van der Waals surface area contributed by atoms with Crippen LogP contribution in [0.25, 0.3) is 11.0 Å². The van der Waals surface area contributed by atoms with E-state index < -0.39 is 21.0 Å². The summed E-state index contributed by atoms with van der Waals surface area (Å²) in [5, 5.41) is 12.3. The number of rotatable bonds is 10. The second-order valence-electron chi connectivity index (χ2n) is 6.40. The van der Waals surface area contributed by atoms with Crippen molar-refractivity contribution in [1.82, 2.24) is 14.9 Å². The van der Waals surface area contributed by atoms with E-state index in [1.807, 2.05) is 30.5 Å². The van der Waals surface area contributed by atoms with Gasteiger partial charge >= 0.3 is 0 Å². The lowest BCUT2D eigenvalue weighted by Gasteiger charge is -2.17. The predicted octanol–water partition coefficient (Wildman–Crippen LogP) is 0.660. The molecule has 2 unspecified atom stereocenters. The molecule has 0 saturated heterocycles. The molecule has 11 heteroatoms. The highest BCUT2D eigenvalue weighted by molar-refractivity contribution is 7.24. The van der Waals surface area contributed by atoms with Crippen LogP contribution in [0.3, 0.4) is 0 Å². The number of benzene rings is 1. The van der Waals surface area contributed by atoms with Crippen molar-refractivity contribution in [3.8, 4) is 0 Å². The van der Waals surface area contributed by atoms with E-state index in [0.717, 1.165) is 16.6 Å². The second-order valence-corrected chi connectivity index (χ2v) is 6.75. The SMILES string of the molecule is CN=c1c(C(=O)NC=O)nc2cc(C)c(C)cc2n1CCC(O)CCOOPO. The lowest BCUT2D eigenvalue weighted by atomic mass is 10.1. The molecule has 158 valence electrons. The average Bonchev–Trinajstić information content (AvgIpc) is 2.70. The zero-order valence-electron chi connectivity index (χ0n) is 16.5. The standard InChI is InChI=1S/C18H25N4O6P/c1-11-8-14-15(9-12(11)2)22(6-4-13(24)5-7-27-28-29-26)17(19-3)16(21-14)18(25)20-10-23/h8-10,13,24,26,29H,4-7H2,1-3H3,(H,20,23,25). The van der Waals surface area contributed by atoms with Gasteiger partial charge in [0.2, 0.25) is 6.41 Å². The molecule has 0 saturated carbocycles. The molecule has 2 rings (SSSR count). The Hall–Kier alpha value is -2.23. The minimum atomic E-state index is -0.770. The first-order chi connectivity index (χ1) is 13.9. The molecule has 0 aliphatic heterocycles. The third-order valence-corrected chi connectivity index (χ3v) is 4.71. The lowest BCUT2D eigenvalue weighted by molar-refractivity contribution is -0.205. The quantitative estimate of drug-likeness (QED) is 0.168. The molecular weight excluding hydrogens is 399 g/mol. The maximum atomic E-state index is 12.3. The van der Waals surface area contributed by atoms with Gasteiger partial charge in [0, 0.05) is 13.6 Å². The van der Waals surface area contributed by atoms with Crippen LogP contribution in [-0.4, -0.2) is 51.6 Å². The van der Waals surface area contributed by atoms with E-state index >= 15 is 0 Å². The molecule has 0 aliphatic carbocycles. The first kappa shape index (κ1) is 23.1. The Bertz CT molecular complexity index is 946. The summed E-state index contributed by atoms with van der Waals surface area (Å²) in [5.41, 5.74) is 3.77. The third kappa shape index (κ3) is 5.88. The molecule has 0 bridgehead atoms. The van der Waals surface area contributed by atoms with Gasteiger partial charge in [-0.25, -0.2) is 9.87 Å². The van der Waals surface area contributed by atoms with Crippen LogP contribution in [0.15, 0.2) is 17.1 Å². The van der Waals surface area contributed by atoms with Crippen molar-refractivity contribution in [2.75, 3.05) is 13.7 Å². The highest BCUT2D eigenvalue weighted by atomic mass is 31.1. The number of aliphatic hydroxyl groups is 1. The summed E-state index contributed by atoms with van der Waals surface area (Å²) >= 11 is 0. The van der Waals surface area contributed by atoms with E-state index in [4.69, 9.17) is 9.78 Å². The smallest absolute Gasteiger partial charge is 0.280 e. The topological polar surface area (TPSA) is 135 Å². The van der Waals surface area contributed by atoms with Crippen LogP contribution in [0.1, 0.15) is 34.5 Å². The van der Waals surface area contributed by atoms with Gasteiger partial charge in [-0.1, -0.05) is 0 Å². The van der Waals surface area contributed by atoms with Crippen molar-refractivity contribution < 1.29 is 29.2 Å². The first-order valence-corrected chi connectivity index (χ1v) is 9.83. The van der Waals surface area contributed by atoms with Crippen molar-refractivity contribution in [1.29, 1.82) is 0 Å². The number of aryl methyl sites for hydroxylation is 3. The normalized spacial score (nSPS) is 13.3. The molecule has 1 aromatic heterocycles. The molecular formula is C18H25N4O6P. The summed E-state index contributed by atoms with van der Waals surface area (Å²) in [6.45, 7) is 4.41. The average molecular weight is 424 g/mol. The molecule has 2 amide bonds. The summed E-state index contributed by atoms with van der Waals surface area (Å²) in [4.78, 5) is 44.9. The molecule has 29 heavy (non-hydrogen) atoms. The maximum absolute atomic E-state index is 12.3. The number of imide groups is 1. The molecule has 0 aliphatic rings. The number of amides is 2. The summed E-state index contributed by atoms with van der Waals surface area (Å²) in [7, 11) is 0.767. The first-order valence-electron chi connectivity index (χ1n) is 8.97. The fourth-order valence-electron chi connectivity index (χ4n) is 2.91. The number of aliphatic hydroxyl groups excluding tert-OH is 1. The Balaban J connectivity index is 2.43. The fourth-order valence-corrected chi connectivity index (χ4v) is 3.04. The van der Waals surface area contributed by atoms with Gasteiger partial charge in [0.25, 0.3) is 5.91 Å². The van der Waals surface area contributed by atoms with Crippen LogP contribution >= 0.6 is 9.03 Å². The van der Waals surface area contributed by atoms with Gasteiger partial charge in [-0.15, -0.1) is 0 Å². The van der Waals surface area contributed by atoms with Crippen molar-refractivity contribution in [3.63, 3.8) is 0 Å². The van der Waals surface area contributed by atoms with Gasteiger partial charge in [-0.2, -0.15) is 4.67 Å². The van der Waals surface area contributed by atoms with Crippen molar-refractivity contribution in [2.24, 2.45) is 4.99 Å². The Morgan fingerprint density at radius 1 is 1.38 bits per heavy atom. The molecule has 2 atom stereocenters. The van der Waals surface area contributed by atoms with E-state index in [-0.39, 0.29) is 12.3 Å². The van der Waals surface area contributed by atoms with Crippen LogP contribution in [0, 0.1) is 13.8 Å². The summed E-state index contributed by atoms with van der Waals surface area (Å²) in [6, 6.07) is 3.83. The number of hydrogen-bond donors (Lipinski definition) is 3. The van der Waals surface area contributed by atoms with E-state index in [2.05, 4.69) is 20.0 Å².